The first-order valence-corrected chi connectivity index (χ1v) is 7.50. The van der Waals surface area contributed by atoms with E-state index in [1.165, 1.54) is 34.1 Å². The third-order valence-electron chi connectivity index (χ3n) is 3.13. The number of hydrogen-bond donors (Lipinski definition) is 0. The molecule has 6 heteroatoms. The number of ketones is 1. The van der Waals surface area contributed by atoms with Gasteiger partial charge in [0.1, 0.15) is 16.2 Å². The highest BCUT2D eigenvalue weighted by Gasteiger charge is 2.40. The first kappa shape index (κ1) is 15.5. The number of rotatable bonds is 5. The van der Waals surface area contributed by atoms with E-state index < -0.39 is 20.4 Å². The Bertz CT molecular complexity index is 587. The molecule has 0 aliphatic heterocycles. The molecule has 19 heavy (non-hydrogen) atoms. The minimum Gasteiger partial charge on any atom is -0.497 e. The molecule has 0 N–H and O–H groups in total. The van der Waals surface area contributed by atoms with Gasteiger partial charge in [-0.05, 0) is 26.0 Å². The van der Waals surface area contributed by atoms with Gasteiger partial charge in [0.25, 0.3) is 0 Å². The van der Waals surface area contributed by atoms with Gasteiger partial charge in [-0.1, -0.05) is 0 Å². The molecule has 0 aliphatic rings. The fourth-order valence-corrected chi connectivity index (χ4v) is 1.93. The monoisotopic (exact) mass is 286 g/mol. The minimum atomic E-state index is -3.53. The van der Waals surface area contributed by atoms with Crippen LogP contribution in [0.1, 0.15) is 24.2 Å². The zero-order chi connectivity index (χ0) is 14.8. The molecule has 1 aromatic rings. The molecule has 0 saturated carbocycles. The van der Waals surface area contributed by atoms with Crippen molar-refractivity contribution in [1.29, 1.82) is 0 Å². The number of carbonyl (C=O) groups is 1. The number of methoxy groups -OCH3 is 2. The molecule has 0 heterocycles. The molecular weight excluding hydrogens is 268 g/mol. The second-order valence-electron chi connectivity index (χ2n) is 4.68. The molecule has 0 aliphatic carbocycles. The van der Waals surface area contributed by atoms with Gasteiger partial charge in [-0.2, -0.15) is 0 Å². The first-order valence-electron chi connectivity index (χ1n) is 5.61. The normalized spacial score (nSPS) is 12.1. The molecule has 0 saturated heterocycles. The maximum absolute atomic E-state index is 12.4. The average molecular weight is 286 g/mol. The van der Waals surface area contributed by atoms with E-state index in [1.54, 1.807) is 12.1 Å². The topological polar surface area (TPSA) is 69.7 Å². The van der Waals surface area contributed by atoms with Crippen molar-refractivity contribution < 1.29 is 22.7 Å². The molecule has 1 rings (SSSR count). The van der Waals surface area contributed by atoms with Crippen molar-refractivity contribution in [3.05, 3.63) is 23.8 Å². The second-order valence-corrected chi connectivity index (χ2v) is 7.24. The predicted molar refractivity (Wildman–Crippen MR) is 72.8 cm³/mol. The lowest BCUT2D eigenvalue weighted by Gasteiger charge is -2.22. The highest BCUT2D eigenvalue weighted by Crippen LogP contribution is 2.30. The number of ether oxygens (including phenoxy) is 2. The largest absolute Gasteiger partial charge is 0.497 e. The van der Waals surface area contributed by atoms with Crippen molar-refractivity contribution in [3.63, 3.8) is 0 Å². The van der Waals surface area contributed by atoms with Gasteiger partial charge in [0, 0.05) is 12.3 Å². The van der Waals surface area contributed by atoms with E-state index in [9.17, 15) is 13.2 Å². The molecule has 0 fully saturated rings. The number of hydrogen-bond acceptors (Lipinski definition) is 5. The Labute approximate surface area is 113 Å². The maximum atomic E-state index is 12.4. The number of carbonyl (C=O) groups excluding carboxylic acids is 1. The lowest BCUT2D eigenvalue weighted by atomic mass is 9.99. The van der Waals surface area contributed by atoms with Crippen LogP contribution in [-0.4, -0.2) is 39.4 Å². The van der Waals surface area contributed by atoms with Gasteiger partial charge >= 0.3 is 0 Å². The van der Waals surface area contributed by atoms with Crippen molar-refractivity contribution >= 4 is 15.6 Å². The summed E-state index contributed by atoms with van der Waals surface area (Å²) in [4.78, 5) is 12.4. The van der Waals surface area contributed by atoms with Crippen LogP contribution in [0.4, 0.5) is 0 Å². The molecule has 0 bridgehead atoms. The van der Waals surface area contributed by atoms with Crippen LogP contribution < -0.4 is 9.47 Å². The molecule has 0 aromatic heterocycles. The summed E-state index contributed by atoms with van der Waals surface area (Å²) in [5.41, 5.74) is 0.221. The van der Waals surface area contributed by atoms with Gasteiger partial charge in [0.05, 0.1) is 19.8 Å². The van der Waals surface area contributed by atoms with Gasteiger partial charge in [0.15, 0.2) is 15.6 Å². The Balaban J connectivity index is 3.35. The Morgan fingerprint density at radius 3 is 2.16 bits per heavy atom. The van der Waals surface area contributed by atoms with Crippen LogP contribution in [0, 0.1) is 0 Å². The quantitative estimate of drug-likeness (QED) is 0.771. The third-order valence-corrected chi connectivity index (χ3v) is 5.17. The van der Waals surface area contributed by atoms with Crippen molar-refractivity contribution in [2.24, 2.45) is 0 Å². The highest BCUT2D eigenvalue weighted by atomic mass is 32.2. The van der Waals surface area contributed by atoms with Gasteiger partial charge in [0.2, 0.25) is 0 Å². The van der Waals surface area contributed by atoms with Crippen molar-refractivity contribution in [3.8, 4) is 11.5 Å². The van der Waals surface area contributed by atoms with E-state index in [0.29, 0.717) is 11.5 Å². The van der Waals surface area contributed by atoms with E-state index in [0.717, 1.165) is 6.26 Å². The summed E-state index contributed by atoms with van der Waals surface area (Å²) in [6, 6.07) is 4.65. The minimum absolute atomic E-state index is 0.221. The zero-order valence-electron chi connectivity index (χ0n) is 11.7. The van der Waals surface area contributed by atoms with Crippen LogP contribution in [0.15, 0.2) is 18.2 Å². The molecular formula is C13H18O5S. The second kappa shape index (κ2) is 5.21. The van der Waals surface area contributed by atoms with Crippen LogP contribution in [0.3, 0.4) is 0 Å². The Morgan fingerprint density at radius 2 is 1.74 bits per heavy atom. The SMILES string of the molecule is COc1ccc(C(=O)C(C)(C)S(C)(=O)=O)c(OC)c1. The molecule has 0 unspecified atom stereocenters. The van der Waals surface area contributed by atoms with Gasteiger partial charge in [-0.3, -0.25) is 4.79 Å². The Kier molecular flexibility index (Phi) is 4.25. The number of sulfone groups is 1. The molecule has 0 amide bonds. The average Bonchev–Trinajstić information content (AvgIpc) is 2.35. The number of benzene rings is 1. The Hall–Kier alpha value is -1.56. The van der Waals surface area contributed by atoms with Crippen LogP contribution in [0.2, 0.25) is 0 Å². The summed E-state index contributed by atoms with van der Waals surface area (Å²) in [6.07, 6.45) is 1.04. The summed E-state index contributed by atoms with van der Waals surface area (Å²) in [7, 11) is -0.614. The van der Waals surface area contributed by atoms with Crippen LogP contribution in [-0.2, 0) is 9.84 Å². The van der Waals surface area contributed by atoms with Crippen LogP contribution >= 0.6 is 0 Å². The maximum Gasteiger partial charge on any atom is 0.187 e. The molecule has 106 valence electrons. The van der Waals surface area contributed by atoms with E-state index in [2.05, 4.69) is 0 Å². The van der Waals surface area contributed by atoms with Crippen molar-refractivity contribution in [2.45, 2.75) is 18.6 Å². The Morgan fingerprint density at radius 1 is 1.16 bits per heavy atom. The van der Waals surface area contributed by atoms with E-state index in [4.69, 9.17) is 9.47 Å². The standard InChI is InChI=1S/C13H18O5S/c1-13(2,19(5,15)16)12(14)10-7-6-9(17-3)8-11(10)18-4/h6-8H,1-5H3. The molecule has 0 atom stereocenters. The molecule has 0 radical (unpaired) electrons. The van der Waals surface area contributed by atoms with Gasteiger partial charge < -0.3 is 9.47 Å². The van der Waals surface area contributed by atoms with Crippen LogP contribution in [0.25, 0.3) is 0 Å². The highest BCUT2D eigenvalue weighted by molar-refractivity contribution is 7.92. The van der Waals surface area contributed by atoms with Crippen molar-refractivity contribution in [1.82, 2.24) is 0 Å². The lowest BCUT2D eigenvalue weighted by Crippen LogP contribution is -2.40. The predicted octanol–water partition coefficient (Wildman–Crippen LogP) is 1.71. The third kappa shape index (κ3) is 2.89. The smallest absolute Gasteiger partial charge is 0.187 e. The fourth-order valence-electron chi connectivity index (χ4n) is 1.48. The first-order chi connectivity index (χ1) is 8.65. The van der Waals surface area contributed by atoms with Gasteiger partial charge in [-0.25, -0.2) is 8.42 Å². The molecule has 1 aromatic carbocycles. The number of Topliss-reactive ketones (excluding diaryl/α,β-unsaturated/α-hetero) is 1. The van der Waals surface area contributed by atoms with Crippen LogP contribution in [0.5, 0.6) is 11.5 Å². The summed E-state index contributed by atoms with van der Waals surface area (Å²) in [5.74, 6) is 0.320. The van der Waals surface area contributed by atoms with Crippen molar-refractivity contribution in [2.75, 3.05) is 20.5 Å². The zero-order valence-corrected chi connectivity index (χ0v) is 12.5. The summed E-state index contributed by atoms with van der Waals surface area (Å²) in [5, 5.41) is 0. The lowest BCUT2D eigenvalue weighted by molar-refractivity contribution is 0.0951. The van der Waals surface area contributed by atoms with E-state index >= 15 is 0 Å². The molecule has 0 spiro atoms. The summed E-state index contributed by atoms with van der Waals surface area (Å²) >= 11 is 0. The van der Waals surface area contributed by atoms with E-state index in [1.807, 2.05) is 0 Å². The van der Waals surface area contributed by atoms with E-state index in [-0.39, 0.29) is 5.56 Å². The summed E-state index contributed by atoms with van der Waals surface area (Å²) < 4.78 is 32.1. The van der Waals surface area contributed by atoms with Gasteiger partial charge in [-0.15, -0.1) is 0 Å². The molecule has 5 nitrogen and oxygen atoms in total. The fraction of sp³-hybridized carbons (Fsp3) is 0.462. The summed E-state index contributed by atoms with van der Waals surface area (Å²) in [6.45, 7) is 2.77.